The molecule has 0 amide bonds. The molecular weight excluding hydrogens is 244 g/mol. The second-order valence-corrected chi connectivity index (χ2v) is 5.61. The first-order chi connectivity index (χ1) is 9.56. The van der Waals surface area contributed by atoms with Crippen LogP contribution in [0.4, 0.5) is 0 Å². The van der Waals surface area contributed by atoms with Crippen molar-refractivity contribution < 1.29 is 4.79 Å². The molecule has 2 aromatic rings. The summed E-state index contributed by atoms with van der Waals surface area (Å²) in [6.45, 7) is 5.94. The molecule has 0 aromatic heterocycles. The van der Waals surface area contributed by atoms with E-state index in [4.69, 9.17) is 0 Å². The van der Waals surface area contributed by atoms with Crippen LogP contribution in [0.2, 0.25) is 0 Å². The van der Waals surface area contributed by atoms with Gasteiger partial charge in [0.2, 0.25) is 0 Å². The summed E-state index contributed by atoms with van der Waals surface area (Å²) in [7, 11) is 0. The lowest BCUT2D eigenvalue weighted by atomic mass is 9.92. The highest BCUT2D eigenvalue weighted by molar-refractivity contribution is 6.04. The highest BCUT2D eigenvalue weighted by Crippen LogP contribution is 2.35. The topological polar surface area (TPSA) is 17.1 Å². The van der Waals surface area contributed by atoms with Crippen LogP contribution in [0.5, 0.6) is 0 Å². The van der Waals surface area contributed by atoms with E-state index in [0.29, 0.717) is 0 Å². The Balaban J connectivity index is 2.22. The third kappa shape index (κ3) is 2.09. The van der Waals surface area contributed by atoms with Gasteiger partial charge >= 0.3 is 0 Å². The number of rotatable bonds is 2. The third-order valence-electron chi connectivity index (χ3n) is 4.13. The Bertz CT molecular complexity index is 775. The highest BCUT2D eigenvalue weighted by atomic mass is 16.1. The fraction of sp³-hybridized carbons (Fsp3) is 0.211. The summed E-state index contributed by atoms with van der Waals surface area (Å²) in [6.07, 6.45) is 3.16. The number of carbonyl (C=O) groups excluding carboxylic acids is 1. The van der Waals surface area contributed by atoms with Gasteiger partial charge in [-0.25, -0.2) is 0 Å². The predicted octanol–water partition coefficient (Wildman–Crippen LogP) is 5.17. The monoisotopic (exact) mass is 262 g/mol. The average molecular weight is 262 g/mol. The van der Waals surface area contributed by atoms with Crippen LogP contribution in [0.25, 0.3) is 16.3 Å². The molecule has 0 fully saturated rings. The van der Waals surface area contributed by atoms with E-state index >= 15 is 0 Å². The minimum atomic E-state index is 0.133. The van der Waals surface area contributed by atoms with E-state index in [0.717, 1.165) is 22.9 Å². The van der Waals surface area contributed by atoms with Crippen LogP contribution in [-0.2, 0) is 0 Å². The zero-order valence-corrected chi connectivity index (χ0v) is 12.2. The van der Waals surface area contributed by atoms with Crippen molar-refractivity contribution in [2.45, 2.75) is 27.2 Å². The van der Waals surface area contributed by atoms with Gasteiger partial charge in [0.25, 0.3) is 0 Å². The van der Waals surface area contributed by atoms with E-state index in [-0.39, 0.29) is 5.78 Å². The summed E-state index contributed by atoms with van der Waals surface area (Å²) < 4.78 is 0. The van der Waals surface area contributed by atoms with Crippen LogP contribution >= 0.6 is 0 Å². The van der Waals surface area contributed by atoms with E-state index in [2.05, 4.69) is 38.1 Å². The van der Waals surface area contributed by atoms with Crippen LogP contribution in [0, 0.1) is 0 Å². The quantitative estimate of drug-likeness (QED) is 0.683. The summed E-state index contributed by atoms with van der Waals surface area (Å²) in [6, 6.07) is 12.4. The second kappa shape index (κ2) is 4.75. The lowest BCUT2D eigenvalue weighted by Gasteiger charge is -2.11. The number of fused-ring (bicyclic) bond motifs is 1. The molecule has 0 saturated heterocycles. The lowest BCUT2D eigenvalue weighted by Crippen LogP contribution is -1.99. The first kappa shape index (κ1) is 12.9. The van der Waals surface area contributed by atoms with E-state index in [1.807, 2.05) is 18.2 Å². The molecule has 20 heavy (non-hydrogen) atoms. The van der Waals surface area contributed by atoms with Gasteiger partial charge in [-0.2, -0.15) is 0 Å². The van der Waals surface area contributed by atoms with E-state index < -0.39 is 0 Å². The molecule has 2 aromatic carbocycles. The van der Waals surface area contributed by atoms with E-state index in [1.165, 1.54) is 22.1 Å². The van der Waals surface area contributed by atoms with E-state index in [1.54, 1.807) is 6.92 Å². The van der Waals surface area contributed by atoms with Crippen LogP contribution in [0.15, 0.2) is 53.6 Å². The average Bonchev–Trinajstić information content (AvgIpc) is 2.77. The Morgan fingerprint density at radius 2 is 1.70 bits per heavy atom. The molecule has 1 aliphatic carbocycles. The number of benzene rings is 2. The summed E-state index contributed by atoms with van der Waals surface area (Å²) in [5.74, 6) is 0.133. The minimum Gasteiger partial charge on any atom is -0.294 e. The molecule has 0 atom stereocenters. The van der Waals surface area contributed by atoms with E-state index in [9.17, 15) is 4.79 Å². The molecule has 1 nitrogen and oxygen atoms in total. The number of allylic oxidation sites excluding steroid dienone is 4. The smallest absolute Gasteiger partial charge is 0.160 e. The zero-order chi connectivity index (χ0) is 14.3. The van der Waals surface area contributed by atoms with Crippen molar-refractivity contribution >= 4 is 22.1 Å². The molecule has 0 radical (unpaired) electrons. The fourth-order valence-corrected chi connectivity index (χ4v) is 2.83. The van der Waals surface area contributed by atoms with Crippen molar-refractivity contribution in [3.63, 3.8) is 0 Å². The molecular formula is C19H18O. The number of Topliss-reactive ketones (excluding diaryl/α,β-unsaturated/α-hetero) is 1. The minimum absolute atomic E-state index is 0.133. The molecule has 0 N–H and O–H groups in total. The summed E-state index contributed by atoms with van der Waals surface area (Å²) in [5, 5.41) is 2.32. The Labute approximate surface area is 119 Å². The standard InChI is InChI=1S/C19H18O/c1-12-8-17(9-13(12)2)19-11-16-7-5-4-6-15(16)10-18(19)14(3)20/h4-8,10-11H,9H2,1-3H3. The SMILES string of the molecule is CC(=O)c1cc2ccccc2cc1C1=CC(C)=C(C)C1. The molecule has 0 bridgehead atoms. The van der Waals surface area contributed by atoms with Gasteiger partial charge in [0.15, 0.2) is 5.78 Å². The Morgan fingerprint density at radius 1 is 1.05 bits per heavy atom. The number of hydrogen-bond acceptors (Lipinski definition) is 1. The van der Waals surface area contributed by atoms with Gasteiger partial charge in [-0.3, -0.25) is 4.79 Å². The molecule has 3 rings (SSSR count). The van der Waals surface area contributed by atoms with Crippen molar-refractivity contribution in [2.75, 3.05) is 0 Å². The Morgan fingerprint density at radius 3 is 2.25 bits per heavy atom. The van der Waals surface area contributed by atoms with Gasteiger partial charge < -0.3 is 0 Å². The molecule has 0 spiro atoms. The molecule has 1 aliphatic rings. The van der Waals surface area contributed by atoms with Crippen LogP contribution in [0.3, 0.4) is 0 Å². The first-order valence-corrected chi connectivity index (χ1v) is 6.97. The van der Waals surface area contributed by atoms with Gasteiger partial charge in [0.05, 0.1) is 0 Å². The fourth-order valence-electron chi connectivity index (χ4n) is 2.83. The number of hydrogen-bond donors (Lipinski definition) is 0. The van der Waals surface area contributed by atoms with Crippen molar-refractivity contribution in [1.82, 2.24) is 0 Å². The van der Waals surface area contributed by atoms with Crippen LogP contribution < -0.4 is 0 Å². The van der Waals surface area contributed by atoms with Crippen molar-refractivity contribution in [1.29, 1.82) is 0 Å². The van der Waals surface area contributed by atoms with Gasteiger partial charge in [0.1, 0.15) is 0 Å². The molecule has 1 heteroatoms. The van der Waals surface area contributed by atoms with Crippen molar-refractivity contribution in [2.24, 2.45) is 0 Å². The first-order valence-electron chi connectivity index (χ1n) is 6.97. The van der Waals surface area contributed by atoms with Crippen molar-refractivity contribution in [3.05, 3.63) is 64.7 Å². The maximum absolute atomic E-state index is 12.0. The summed E-state index contributed by atoms with van der Waals surface area (Å²) in [5.41, 5.74) is 5.89. The Hall–Kier alpha value is -2.15. The molecule has 0 aliphatic heterocycles. The van der Waals surface area contributed by atoms with Gasteiger partial charge in [-0.05, 0) is 61.2 Å². The number of ketones is 1. The molecule has 0 saturated carbocycles. The Kier molecular flexibility index (Phi) is 3.06. The second-order valence-electron chi connectivity index (χ2n) is 5.61. The van der Waals surface area contributed by atoms with Gasteiger partial charge in [-0.15, -0.1) is 0 Å². The lowest BCUT2D eigenvalue weighted by molar-refractivity contribution is 0.101. The van der Waals surface area contributed by atoms with Crippen molar-refractivity contribution in [3.8, 4) is 0 Å². The van der Waals surface area contributed by atoms with Crippen LogP contribution in [-0.4, -0.2) is 5.78 Å². The highest BCUT2D eigenvalue weighted by Gasteiger charge is 2.17. The summed E-state index contributed by atoms with van der Waals surface area (Å²) >= 11 is 0. The summed E-state index contributed by atoms with van der Waals surface area (Å²) in [4.78, 5) is 12.0. The zero-order valence-electron chi connectivity index (χ0n) is 12.2. The molecule has 0 unspecified atom stereocenters. The normalized spacial score (nSPS) is 14.8. The largest absolute Gasteiger partial charge is 0.294 e. The van der Waals surface area contributed by atoms with Gasteiger partial charge in [-0.1, -0.05) is 41.5 Å². The number of carbonyl (C=O) groups is 1. The third-order valence-corrected chi connectivity index (χ3v) is 4.13. The van der Waals surface area contributed by atoms with Gasteiger partial charge in [0, 0.05) is 5.56 Å². The molecule has 100 valence electrons. The maximum Gasteiger partial charge on any atom is 0.160 e. The predicted molar refractivity (Wildman–Crippen MR) is 84.9 cm³/mol. The maximum atomic E-state index is 12.0. The van der Waals surface area contributed by atoms with Crippen LogP contribution in [0.1, 0.15) is 43.1 Å². The molecule has 0 heterocycles.